The summed E-state index contributed by atoms with van der Waals surface area (Å²) in [4.78, 5) is 11.9. The molecule has 0 spiro atoms. The zero-order chi connectivity index (χ0) is 14.0. The summed E-state index contributed by atoms with van der Waals surface area (Å²) in [6, 6.07) is 7.38. The van der Waals surface area contributed by atoms with Crippen LogP contribution < -0.4 is 11.1 Å². The number of hydrogen-bond donors (Lipinski definition) is 2. The minimum atomic E-state index is -0.749. The molecule has 3 N–H and O–H groups in total. The van der Waals surface area contributed by atoms with E-state index in [1.807, 2.05) is 0 Å². The summed E-state index contributed by atoms with van der Waals surface area (Å²) in [5.74, 6) is -2.02. The number of nitrogens with two attached hydrogens (primary N) is 1. The van der Waals surface area contributed by atoms with Crippen LogP contribution in [0.4, 0.5) is 20.2 Å². The molecular weight excluding hydrogens is 274 g/mol. The standard InChI is InChI=1S/C13H9ClF2N2O/c14-8-2-1-3-9(16)12(8)13(19)18-11-5-4-7(15)6-10(11)17/h1-6H,17H2,(H,18,19). The van der Waals surface area contributed by atoms with Gasteiger partial charge in [-0.3, -0.25) is 4.79 Å². The maximum Gasteiger partial charge on any atom is 0.260 e. The van der Waals surface area contributed by atoms with Crippen molar-refractivity contribution < 1.29 is 13.6 Å². The molecule has 2 rings (SSSR count). The maximum absolute atomic E-state index is 13.5. The summed E-state index contributed by atoms with van der Waals surface area (Å²) < 4.78 is 26.4. The average Bonchev–Trinajstić information content (AvgIpc) is 2.32. The van der Waals surface area contributed by atoms with Crippen molar-refractivity contribution in [1.82, 2.24) is 0 Å². The molecule has 98 valence electrons. The van der Waals surface area contributed by atoms with Crippen molar-refractivity contribution in [3.63, 3.8) is 0 Å². The van der Waals surface area contributed by atoms with Gasteiger partial charge in [-0.25, -0.2) is 8.78 Å². The average molecular weight is 283 g/mol. The number of benzene rings is 2. The van der Waals surface area contributed by atoms with E-state index in [-0.39, 0.29) is 22.0 Å². The highest BCUT2D eigenvalue weighted by Crippen LogP contribution is 2.23. The first-order valence-electron chi connectivity index (χ1n) is 5.29. The van der Waals surface area contributed by atoms with Crippen LogP contribution in [0, 0.1) is 11.6 Å². The van der Waals surface area contributed by atoms with Gasteiger partial charge in [0.15, 0.2) is 0 Å². The fraction of sp³-hybridized carbons (Fsp3) is 0. The monoisotopic (exact) mass is 282 g/mol. The van der Waals surface area contributed by atoms with Crippen molar-refractivity contribution in [1.29, 1.82) is 0 Å². The van der Waals surface area contributed by atoms with Gasteiger partial charge in [0, 0.05) is 0 Å². The summed E-state index contributed by atoms with van der Waals surface area (Å²) >= 11 is 5.76. The van der Waals surface area contributed by atoms with Crippen LogP contribution in [0.25, 0.3) is 0 Å². The fourth-order valence-electron chi connectivity index (χ4n) is 1.55. The Kier molecular flexibility index (Phi) is 3.66. The smallest absolute Gasteiger partial charge is 0.260 e. The Morgan fingerprint density at radius 3 is 2.58 bits per heavy atom. The first-order valence-corrected chi connectivity index (χ1v) is 5.67. The van der Waals surface area contributed by atoms with Gasteiger partial charge >= 0.3 is 0 Å². The summed E-state index contributed by atoms with van der Waals surface area (Å²) in [6.45, 7) is 0. The molecular formula is C13H9ClF2N2O. The van der Waals surface area contributed by atoms with Crippen molar-refractivity contribution in [2.45, 2.75) is 0 Å². The summed E-state index contributed by atoms with van der Waals surface area (Å²) in [7, 11) is 0. The third-order valence-electron chi connectivity index (χ3n) is 2.45. The van der Waals surface area contributed by atoms with Gasteiger partial charge in [-0.05, 0) is 30.3 Å². The molecule has 0 aromatic heterocycles. The highest BCUT2D eigenvalue weighted by molar-refractivity contribution is 6.34. The summed E-state index contributed by atoms with van der Waals surface area (Å²) in [5, 5.41) is 2.36. The molecule has 2 aromatic rings. The highest BCUT2D eigenvalue weighted by Gasteiger charge is 2.16. The lowest BCUT2D eigenvalue weighted by Crippen LogP contribution is -2.15. The molecule has 0 saturated carbocycles. The molecule has 0 atom stereocenters. The molecule has 0 aliphatic heterocycles. The molecule has 6 heteroatoms. The van der Waals surface area contributed by atoms with Crippen LogP contribution in [0.3, 0.4) is 0 Å². The Bertz CT molecular complexity index is 626. The summed E-state index contributed by atoms with van der Waals surface area (Å²) in [6.07, 6.45) is 0. The largest absolute Gasteiger partial charge is 0.397 e. The second-order valence-corrected chi connectivity index (χ2v) is 4.19. The van der Waals surface area contributed by atoms with Crippen LogP contribution >= 0.6 is 11.6 Å². The Hall–Kier alpha value is -2.14. The van der Waals surface area contributed by atoms with E-state index >= 15 is 0 Å². The molecule has 0 aliphatic carbocycles. The van der Waals surface area contributed by atoms with Crippen molar-refractivity contribution in [2.24, 2.45) is 0 Å². The molecule has 19 heavy (non-hydrogen) atoms. The molecule has 3 nitrogen and oxygen atoms in total. The SMILES string of the molecule is Nc1cc(F)ccc1NC(=O)c1c(F)cccc1Cl. The number of anilines is 2. The van der Waals surface area contributed by atoms with E-state index in [0.29, 0.717) is 0 Å². The van der Waals surface area contributed by atoms with Crippen molar-refractivity contribution in [2.75, 3.05) is 11.1 Å². The molecule has 0 saturated heterocycles. The molecule has 2 aromatic carbocycles. The Labute approximate surface area is 113 Å². The van der Waals surface area contributed by atoms with Crippen molar-refractivity contribution in [3.8, 4) is 0 Å². The molecule has 0 fully saturated rings. The van der Waals surface area contributed by atoms with Crippen molar-refractivity contribution in [3.05, 3.63) is 58.6 Å². The van der Waals surface area contributed by atoms with E-state index in [0.717, 1.165) is 18.2 Å². The highest BCUT2D eigenvalue weighted by atomic mass is 35.5. The van der Waals surface area contributed by atoms with Gasteiger partial charge in [0.1, 0.15) is 11.6 Å². The minimum Gasteiger partial charge on any atom is -0.397 e. The Morgan fingerprint density at radius 1 is 1.21 bits per heavy atom. The second-order valence-electron chi connectivity index (χ2n) is 3.78. The van der Waals surface area contributed by atoms with Crippen LogP contribution in [0.5, 0.6) is 0 Å². The molecule has 1 amide bonds. The quantitative estimate of drug-likeness (QED) is 0.829. The Balaban J connectivity index is 2.31. The van der Waals surface area contributed by atoms with E-state index in [1.54, 1.807) is 0 Å². The Morgan fingerprint density at radius 2 is 1.95 bits per heavy atom. The number of halogens is 3. The minimum absolute atomic E-state index is 0.0156. The predicted octanol–water partition coefficient (Wildman–Crippen LogP) is 3.45. The molecule has 0 aliphatic rings. The number of nitrogens with one attached hydrogen (secondary N) is 1. The number of nitrogen functional groups attached to an aromatic ring is 1. The van der Waals surface area contributed by atoms with Gasteiger partial charge in [-0.15, -0.1) is 0 Å². The number of rotatable bonds is 2. The number of carbonyl (C=O) groups excluding carboxylic acids is 1. The van der Waals surface area contributed by atoms with Crippen LogP contribution in [0.2, 0.25) is 5.02 Å². The van der Waals surface area contributed by atoms with Gasteiger partial charge < -0.3 is 11.1 Å². The van der Waals surface area contributed by atoms with Crippen LogP contribution in [0.15, 0.2) is 36.4 Å². The lowest BCUT2D eigenvalue weighted by molar-refractivity contribution is 0.102. The van der Waals surface area contributed by atoms with E-state index in [1.165, 1.54) is 18.2 Å². The van der Waals surface area contributed by atoms with Crippen molar-refractivity contribution >= 4 is 28.9 Å². The van der Waals surface area contributed by atoms with Crippen LogP contribution in [-0.2, 0) is 0 Å². The third kappa shape index (κ3) is 2.82. The fourth-order valence-corrected chi connectivity index (χ4v) is 1.80. The first kappa shape index (κ1) is 13.3. The number of hydrogen-bond acceptors (Lipinski definition) is 2. The van der Waals surface area contributed by atoms with E-state index in [2.05, 4.69) is 5.32 Å². The zero-order valence-electron chi connectivity index (χ0n) is 9.58. The van der Waals surface area contributed by atoms with Crippen LogP contribution in [-0.4, -0.2) is 5.91 Å². The van der Waals surface area contributed by atoms with E-state index in [4.69, 9.17) is 17.3 Å². The second kappa shape index (κ2) is 5.24. The van der Waals surface area contributed by atoms with Crippen LogP contribution in [0.1, 0.15) is 10.4 Å². The normalized spacial score (nSPS) is 10.3. The van der Waals surface area contributed by atoms with Gasteiger partial charge in [0.2, 0.25) is 0 Å². The molecule has 0 heterocycles. The number of amides is 1. The first-order chi connectivity index (χ1) is 8.99. The lowest BCUT2D eigenvalue weighted by Gasteiger charge is -2.09. The van der Waals surface area contributed by atoms with Gasteiger partial charge in [-0.2, -0.15) is 0 Å². The number of carbonyl (C=O) groups is 1. The topological polar surface area (TPSA) is 55.1 Å². The maximum atomic E-state index is 13.5. The third-order valence-corrected chi connectivity index (χ3v) is 2.77. The van der Waals surface area contributed by atoms with E-state index < -0.39 is 17.5 Å². The van der Waals surface area contributed by atoms with Gasteiger partial charge in [0.05, 0.1) is 22.0 Å². The predicted molar refractivity (Wildman–Crippen MR) is 70.2 cm³/mol. The summed E-state index contributed by atoms with van der Waals surface area (Å²) in [5.41, 5.74) is 5.49. The van der Waals surface area contributed by atoms with E-state index in [9.17, 15) is 13.6 Å². The van der Waals surface area contributed by atoms with Gasteiger partial charge in [0.25, 0.3) is 5.91 Å². The molecule has 0 radical (unpaired) electrons. The molecule has 0 unspecified atom stereocenters. The van der Waals surface area contributed by atoms with Gasteiger partial charge in [-0.1, -0.05) is 17.7 Å². The lowest BCUT2D eigenvalue weighted by atomic mass is 10.2. The molecule has 0 bridgehead atoms. The zero-order valence-corrected chi connectivity index (χ0v) is 10.3.